The van der Waals surface area contributed by atoms with E-state index in [0.717, 1.165) is 35.9 Å². The number of thioether (sulfide) groups is 6. The molecule has 0 spiro atoms. The van der Waals surface area contributed by atoms with Crippen molar-refractivity contribution in [3.8, 4) is 0 Å². The van der Waals surface area contributed by atoms with E-state index < -0.39 is 0 Å². The van der Waals surface area contributed by atoms with Crippen LogP contribution in [0.15, 0.2) is 48.6 Å². The van der Waals surface area contributed by atoms with Gasteiger partial charge < -0.3 is 0 Å². The molecule has 4 unspecified atom stereocenters. The van der Waals surface area contributed by atoms with Gasteiger partial charge in [0.25, 0.3) is 0 Å². The van der Waals surface area contributed by atoms with Crippen molar-refractivity contribution in [1.29, 1.82) is 0 Å². The Morgan fingerprint density at radius 3 is 1.62 bits per heavy atom. The molecule has 2 nitrogen and oxygen atoms in total. The summed E-state index contributed by atoms with van der Waals surface area (Å²) in [5.74, 6) is 3.99. The van der Waals surface area contributed by atoms with Gasteiger partial charge in [-0.1, -0.05) is 60.9 Å². The second kappa shape index (κ2) is 13.3. The largest absolute Gasteiger partial charge is 0.282 e. The van der Waals surface area contributed by atoms with Crippen LogP contribution in [0.1, 0.15) is 25.0 Å². The number of benzene rings is 1. The van der Waals surface area contributed by atoms with Crippen molar-refractivity contribution in [1.82, 2.24) is 0 Å². The minimum absolute atomic E-state index is 0.122. The molecule has 174 valence electrons. The van der Waals surface area contributed by atoms with Crippen LogP contribution in [0.2, 0.25) is 0 Å². The molecule has 0 N–H and O–H groups in total. The first-order valence-corrected chi connectivity index (χ1v) is 16.5. The number of hydrogen-bond donors (Lipinski definition) is 0. The molecule has 2 fully saturated rings. The van der Waals surface area contributed by atoms with Crippen LogP contribution in [-0.4, -0.2) is 52.9 Å². The molecular weight excluding hydrogens is 513 g/mol. The van der Waals surface area contributed by atoms with Gasteiger partial charge in [-0.25, -0.2) is 0 Å². The summed E-state index contributed by atoms with van der Waals surface area (Å²) >= 11 is 11.0. The normalized spacial score (nSPS) is 25.1. The van der Waals surface area contributed by atoms with Gasteiger partial charge in [0, 0.05) is 33.5 Å². The Kier molecular flexibility index (Phi) is 11.1. The first-order valence-electron chi connectivity index (χ1n) is 10.6. The van der Waals surface area contributed by atoms with Crippen LogP contribution in [0.4, 0.5) is 0 Å². The Morgan fingerprint density at radius 2 is 1.25 bits per heavy atom. The highest BCUT2D eigenvalue weighted by atomic mass is 32.2. The van der Waals surface area contributed by atoms with Gasteiger partial charge in [0.15, 0.2) is 0 Å². The topological polar surface area (TPSA) is 34.1 Å². The Balaban J connectivity index is 1.47. The average Bonchev–Trinajstić information content (AvgIpc) is 3.40. The molecule has 32 heavy (non-hydrogen) atoms. The predicted octanol–water partition coefficient (Wildman–Crippen LogP) is 6.79. The molecular formula is C24H30O2S6. The maximum absolute atomic E-state index is 11.8. The van der Waals surface area contributed by atoms with Crippen LogP contribution in [0, 0.1) is 0 Å². The lowest BCUT2D eigenvalue weighted by Crippen LogP contribution is -2.10. The van der Waals surface area contributed by atoms with Crippen molar-refractivity contribution in [3.63, 3.8) is 0 Å². The monoisotopic (exact) mass is 542 g/mol. The first-order chi connectivity index (χ1) is 15.3. The van der Waals surface area contributed by atoms with E-state index in [1.807, 2.05) is 47.0 Å². The lowest BCUT2D eigenvalue weighted by molar-refractivity contribution is -0.108. The van der Waals surface area contributed by atoms with Crippen LogP contribution in [0.5, 0.6) is 0 Å². The summed E-state index contributed by atoms with van der Waals surface area (Å²) in [7, 11) is 0. The van der Waals surface area contributed by atoms with E-state index in [2.05, 4.69) is 37.4 Å². The molecule has 2 heterocycles. The van der Waals surface area contributed by atoms with E-state index >= 15 is 0 Å². The van der Waals surface area contributed by atoms with Gasteiger partial charge in [-0.15, -0.1) is 47.0 Å². The van der Waals surface area contributed by atoms with Crippen molar-refractivity contribution in [2.24, 2.45) is 0 Å². The van der Waals surface area contributed by atoms with E-state index in [9.17, 15) is 9.59 Å². The predicted molar refractivity (Wildman–Crippen MR) is 154 cm³/mol. The maximum Gasteiger partial charge on any atom is 0.214 e. The zero-order valence-corrected chi connectivity index (χ0v) is 23.4. The third-order valence-electron chi connectivity index (χ3n) is 5.01. The van der Waals surface area contributed by atoms with Crippen molar-refractivity contribution >= 4 is 80.8 Å². The molecule has 0 radical (unpaired) electrons. The quantitative estimate of drug-likeness (QED) is 0.299. The third-order valence-corrected chi connectivity index (χ3v) is 14.3. The molecule has 0 saturated carbocycles. The van der Waals surface area contributed by atoms with Crippen molar-refractivity contribution in [2.75, 3.05) is 23.0 Å². The Labute approximate surface area is 218 Å². The minimum Gasteiger partial charge on any atom is -0.282 e. The first kappa shape index (κ1) is 26.7. The van der Waals surface area contributed by atoms with Crippen LogP contribution in [0.3, 0.4) is 0 Å². The van der Waals surface area contributed by atoms with Crippen LogP contribution in [0.25, 0.3) is 0 Å². The van der Waals surface area contributed by atoms with Gasteiger partial charge in [0.1, 0.15) is 0 Å². The van der Waals surface area contributed by atoms with E-state index in [0.29, 0.717) is 30.8 Å². The van der Waals surface area contributed by atoms with Gasteiger partial charge in [0.2, 0.25) is 10.2 Å². The van der Waals surface area contributed by atoms with Gasteiger partial charge in [0.05, 0.1) is 9.16 Å². The van der Waals surface area contributed by atoms with Crippen LogP contribution < -0.4 is 0 Å². The lowest BCUT2D eigenvalue weighted by Gasteiger charge is -2.16. The lowest BCUT2D eigenvalue weighted by atomic mass is 10.0. The molecule has 0 bridgehead atoms. The molecule has 4 atom stereocenters. The van der Waals surface area contributed by atoms with E-state index in [1.165, 1.54) is 34.7 Å². The number of hydrogen-bond acceptors (Lipinski definition) is 8. The second-order valence-corrected chi connectivity index (χ2v) is 16.0. The van der Waals surface area contributed by atoms with Crippen molar-refractivity contribution in [3.05, 3.63) is 59.7 Å². The summed E-state index contributed by atoms with van der Waals surface area (Å²) in [4.78, 5) is 23.7. The molecule has 1 aromatic carbocycles. The molecule has 0 aromatic heterocycles. The molecule has 2 aliphatic rings. The summed E-state index contributed by atoms with van der Waals surface area (Å²) in [6.07, 6.45) is 2.16. The Bertz CT molecular complexity index is 786. The zero-order valence-electron chi connectivity index (χ0n) is 18.5. The van der Waals surface area contributed by atoms with E-state index in [-0.39, 0.29) is 10.2 Å². The summed E-state index contributed by atoms with van der Waals surface area (Å²) in [6.45, 7) is 11.1. The standard InChI is InChI=1S/C24H30O2S6/c1-15(2)23(25)29-13-19-11-27-21(31-19)9-17-7-5-6-8-18(17)10-22-28-12-20(32-22)14-30-24(26)16(3)4/h5-8,19-22H,1,3,9-14H2,2,4H3. The van der Waals surface area contributed by atoms with Gasteiger partial charge in [-0.3, -0.25) is 9.59 Å². The molecule has 0 aliphatic carbocycles. The Morgan fingerprint density at radius 1 is 0.844 bits per heavy atom. The number of carbonyl (C=O) groups excluding carboxylic acids is 2. The van der Waals surface area contributed by atoms with Crippen LogP contribution >= 0.6 is 70.6 Å². The SMILES string of the molecule is C=C(C)C(=O)SCC1CSC(Cc2ccccc2CC2SCC(CSC(=O)C(=C)C)S2)S1. The van der Waals surface area contributed by atoms with Crippen molar-refractivity contribution < 1.29 is 9.59 Å². The zero-order chi connectivity index (χ0) is 23.1. The minimum atomic E-state index is 0.122. The number of carbonyl (C=O) groups is 2. The summed E-state index contributed by atoms with van der Waals surface area (Å²) in [6, 6.07) is 8.87. The highest BCUT2D eigenvalue weighted by Crippen LogP contribution is 2.43. The second-order valence-electron chi connectivity index (χ2n) is 7.98. The fourth-order valence-corrected chi connectivity index (χ4v) is 12.3. The molecule has 3 rings (SSSR count). The fraction of sp³-hybridized carbons (Fsp3) is 0.500. The number of rotatable bonds is 10. The fourth-order valence-electron chi connectivity index (χ4n) is 3.30. The smallest absolute Gasteiger partial charge is 0.214 e. The van der Waals surface area contributed by atoms with E-state index in [4.69, 9.17) is 0 Å². The summed E-state index contributed by atoms with van der Waals surface area (Å²) in [5.41, 5.74) is 4.20. The molecule has 1 aromatic rings. The molecule has 2 aliphatic heterocycles. The third kappa shape index (κ3) is 8.42. The Hall–Kier alpha value is 0.140. The average molecular weight is 543 g/mol. The highest BCUT2D eigenvalue weighted by molar-refractivity contribution is 8.22. The summed E-state index contributed by atoms with van der Waals surface area (Å²) < 4.78 is 1.12. The molecule has 8 heteroatoms. The van der Waals surface area contributed by atoms with Crippen LogP contribution in [-0.2, 0) is 22.4 Å². The highest BCUT2D eigenvalue weighted by Gasteiger charge is 2.29. The van der Waals surface area contributed by atoms with Gasteiger partial charge in [-0.2, -0.15) is 0 Å². The molecule has 0 amide bonds. The van der Waals surface area contributed by atoms with Gasteiger partial charge in [-0.05, 0) is 49.0 Å². The maximum atomic E-state index is 11.8. The molecule has 2 saturated heterocycles. The van der Waals surface area contributed by atoms with E-state index in [1.54, 1.807) is 13.8 Å². The summed E-state index contributed by atoms with van der Waals surface area (Å²) in [5, 5.41) is 1.31. The van der Waals surface area contributed by atoms with Gasteiger partial charge >= 0.3 is 0 Å². The van der Waals surface area contributed by atoms with Crippen molar-refractivity contribution in [2.45, 2.75) is 46.4 Å².